The van der Waals surface area contributed by atoms with E-state index in [1.54, 1.807) is 0 Å². The Morgan fingerprint density at radius 3 is 2.12 bits per heavy atom. The molecule has 0 bridgehead atoms. The summed E-state index contributed by atoms with van der Waals surface area (Å²) in [6.45, 7) is 0. The first kappa shape index (κ1) is 19.5. The molecule has 0 atom stereocenters. The molecule has 0 aliphatic carbocycles. The quantitative estimate of drug-likeness (QED) is 0.803. The van der Waals surface area contributed by atoms with E-state index in [2.05, 4.69) is 9.72 Å². The van der Waals surface area contributed by atoms with E-state index in [1.165, 1.54) is 12.1 Å². The largest absolute Gasteiger partial charge is 0.573 e. The monoisotopic (exact) mass is 378 g/mol. The van der Waals surface area contributed by atoms with Crippen LogP contribution in [0.2, 0.25) is 0 Å². The van der Waals surface area contributed by atoms with Crippen molar-refractivity contribution in [3.05, 3.63) is 58.9 Å². The average molecular weight is 378 g/mol. The number of carbonyl (C=O) groups excluding carboxylic acids is 1. The molecule has 2 aromatic rings. The van der Waals surface area contributed by atoms with Gasteiger partial charge in [0.15, 0.2) is 0 Å². The minimum Gasteiger partial charge on any atom is -0.406 e. The zero-order chi connectivity index (χ0) is 19.5. The van der Waals surface area contributed by atoms with E-state index in [4.69, 9.17) is 5.73 Å². The van der Waals surface area contributed by atoms with Crippen LogP contribution in [0.4, 0.5) is 26.3 Å². The highest BCUT2D eigenvalue weighted by molar-refractivity contribution is 5.95. The zero-order valence-corrected chi connectivity index (χ0v) is 13.0. The third kappa shape index (κ3) is 5.11. The molecule has 0 aliphatic heterocycles. The molecule has 0 saturated heterocycles. The summed E-state index contributed by atoms with van der Waals surface area (Å²) in [6, 6.07) is 5.48. The highest BCUT2D eigenvalue weighted by atomic mass is 19.4. The Morgan fingerprint density at radius 2 is 1.62 bits per heavy atom. The highest BCUT2D eigenvalue weighted by Gasteiger charge is 2.36. The van der Waals surface area contributed by atoms with Crippen molar-refractivity contribution in [2.24, 2.45) is 5.73 Å². The Kier molecular flexibility index (Phi) is 5.43. The van der Waals surface area contributed by atoms with Gasteiger partial charge in [-0.3, -0.25) is 9.78 Å². The van der Waals surface area contributed by atoms with Crippen LogP contribution in [0.15, 0.2) is 36.5 Å². The molecule has 140 valence electrons. The maximum absolute atomic E-state index is 13.0. The first-order chi connectivity index (χ1) is 12.0. The van der Waals surface area contributed by atoms with Crippen LogP contribution in [0.1, 0.15) is 27.2 Å². The summed E-state index contributed by atoms with van der Waals surface area (Å²) in [4.78, 5) is 15.2. The molecule has 2 rings (SSSR count). The van der Waals surface area contributed by atoms with Gasteiger partial charge in [-0.2, -0.15) is 13.2 Å². The molecule has 0 radical (unpaired) electrons. The minimum absolute atomic E-state index is 0.0539. The molecule has 0 saturated carbocycles. The maximum Gasteiger partial charge on any atom is 0.573 e. The number of amides is 1. The lowest BCUT2D eigenvalue weighted by molar-refractivity contribution is -0.274. The van der Waals surface area contributed by atoms with E-state index in [0.29, 0.717) is 11.6 Å². The van der Waals surface area contributed by atoms with Gasteiger partial charge >= 0.3 is 12.5 Å². The number of nitrogens with two attached hydrogens (primary N) is 1. The second-order valence-electron chi connectivity index (χ2n) is 5.23. The van der Waals surface area contributed by atoms with Gasteiger partial charge in [-0.15, -0.1) is 13.2 Å². The number of pyridine rings is 1. The van der Waals surface area contributed by atoms with E-state index in [9.17, 15) is 31.1 Å². The van der Waals surface area contributed by atoms with Gasteiger partial charge in [0.25, 0.3) is 5.91 Å². The van der Waals surface area contributed by atoms with Crippen LogP contribution < -0.4 is 10.5 Å². The number of benzene rings is 1. The SMILES string of the molecule is NC(=O)c1c(C(F)(F)F)ccnc1CCc1ccc(OC(F)(F)F)cc1. The Bertz CT molecular complexity index is 785. The standard InChI is InChI=1S/C16H12F6N2O2/c17-15(18,19)11-7-8-24-12(13(11)14(23)25)6-3-9-1-4-10(5-2-9)26-16(20,21)22/h1-2,4-5,7-8H,3,6H2,(H2,23,25). The summed E-state index contributed by atoms with van der Waals surface area (Å²) in [7, 11) is 0. The second kappa shape index (κ2) is 7.22. The van der Waals surface area contributed by atoms with Crippen LogP contribution in [-0.2, 0) is 19.0 Å². The summed E-state index contributed by atoms with van der Waals surface area (Å²) in [5.74, 6) is -1.68. The van der Waals surface area contributed by atoms with Crippen LogP contribution in [0.3, 0.4) is 0 Å². The highest BCUT2D eigenvalue weighted by Crippen LogP contribution is 2.33. The predicted octanol–water partition coefficient (Wildman–Crippen LogP) is 3.88. The lowest BCUT2D eigenvalue weighted by atomic mass is 10.00. The van der Waals surface area contributed by atoms with Crippen molar-refractivity contribution in [1.82, 2.24) is 4.98 Å². The fourth-order valence-electron chi connectivity index (χ4n) is 2.33. The van der Waals surface area contributed by atoms with Gasteiger partial charge in [-0.25, -0.2) is 0 Å². The maximum atomic E-state index is 13.0. The van der Waals surface area contributed by atoms with Gasteiger partial charge in [0, 0.05) is 6.20 Å². The minimum atomic E-state index is -4.82. The van der Waals surface area contributed by atoms with E-state index >= 15 is 0 Å². The third-order valence-electron chi connectivity index (χ3n) is 3.39. The molecule has 1 aromatic carbocycles. The molecule has 0 spiro atoms. The molecule has 1 amide bonds. The van der Waals surface area contributed by atoms with E-state index in [-0.39, 0.29) is 18.5 Å². The van der Waals surface area contributed by atoms with Crippen molar-refractivity contribution in [1.29, 1.82) is 0 Å². The third-order valence-corrected chi connectivity index (χ3v) is 3.39. The second-order valence-corrected chi connectivity index (χ2v) is 5.23. The van der Waals surface area contributed by atoms with Gasteiger partial charge in [-0.05, 0) is 36.6 Å². The summed E-state index contributed by atoms with van der Waals surface area (Å²) < 4.78 is 79.0. The number of carbonyl (C=O) groups is 1. The van der Waals surface area contributed by atoms with Crippen molar-refractivity contribution in [2.45, 2.75) is 25.4 Å². The smallest absolute Gasteiger partial charge is 0.406 e. The molecule has 4 nitrogen and oxygen atoms in total. The fourth-order valence-corrected chi connectivity index (χ4v) is 2.33. The summed E-state index contributed by atoms with van der Waals surface area (Å²) in [6.07, 6.45) is -8.58. The number of primary amides is 1. The lowest BCUT2D eigenvalue weighted by Crippen LogP contribution is -2.22. The number of nitrogens with zero attached hydrogens (tertiary/aromatic N) is 1. The van der Waals surface area contributed by atoms with E-state index < -0.39 is 35.3 Å². The first-order valence-electron chi connectivity index (χ1n) is 7.17. The van der Waals surface area contributed by atoms with Gasteiger partial charge < -0.3 is 10.5 Å². The fraction of sp³-hybridized carbons (Fsp3) is 0.250. The molecule has 1 aromatic heterocycles. The topological polar surface area (TPSA) is 65.2 Å². The number of ether oxygens (including phenoxy) is 1. The predicted molar refractivity (Wildman–Crippen MR) is 78.3 cm³/mol. The lowest BCUT2D eigenvalue weighted by Gasteiger charge is -2.14. The van der Waals surface area contributed by atoms with Crippen molar-refractivity contribution in [3.63, 3.8) is 0 Å². The van der Waals surface area contributed by atoms with Gasteiger partial charge in [0.1, 0.15) is 5.75 Å². The Hall–Kier alpha value is -2.78. The van der Waals surface area contributed by atoms with Crippen LogP contribution in [0.25, 0.3) is 0 Å². The van der Waals surface area contributed by atoms with Crippen molar-refractivity contribution in [2.75, 3.05) is 0 Å². The van der Waals surface area contributed by atoms with E-state index in [1.807, 2.05) is 0 Å². The molecule has 26 heavy (non-hydrogen) atoms. The Balaban J connectivity index is 2.18. The number of aryl methyl sites for hydroxylation is 2. The van der Waals surface area contributed by atoms with Gasteiger partial charge in [0.05, 0.1) is 16.8 Å². The summed E-state index contributed by atoms with van der Waals surface area (Å²) in [5, 5.41) is 0. The number of alkyl halides is 6. The Labute approximate surface area is 143 Å². The molecule has 1 heterocycles. The average Bonchev–Trinajstić information content (AvgIpc) is 2.51. The summed E-state index contributed by atoms with van der Waals surface area (Å²) >= 11 is 0. The molecule has 10 heteroatoms. The molecular formula is C16H12F6N2O2. The first-order valence-corrected chi connectivity index (χ1v) is 7.17. The van der Waals surface area contributed by atoms with E-state index in [0.717, 1.165) is 18.3 Å². The molecular weight excluding hydrogens is 366 g/mol. The molecule has 0 aliphatic rings. The molecule has 0 fully saturated rings. The van der Waals surface area contributed by atoms with Crippen molar-refractivity contribution in [3.8, 4) is 5.75 Å². The number of hydrogen-bond acceptors (Lipinski definition) is 3. The van der Waals surface area contributed by atoms with Crippen molar-refractivity contribution >= 4 is 5.91 Å². The van der Waals surface area contributed by atoms with Gasteiger partial charge in [0.2, 0.25) is 0 Å². The Morgan fingerprint density at radius 1 is 1.00 bits per heavy atom. The number of hydrogen-bond donors (Lipinski definition) is 1. The van der Waals surface area contributed by atoms with Crippen LogP contribution >= 0.6 is 0 Å². The zero-order valence-electron chi connectivity index (χ0n) is 13.0. The molecule has 2 N–H and O–H groups in total. The molecule has 0 unspecified atom stereocenters. The van der Waals surface area contributed by atoms with Gasteiger partial charge in [-0.1, -0.05) is 12.1 Å². The number of rotatable bonds is 5. The van der Waals surface area contributed by atoms with Crippen LogP contribution in [0, 0.1) is 0 Å². The number of aromatic nitrogens is 1. The van der Waals surface area contributed by atoms with Crippen LogP contribution in [0.5, 0.6) is 5.75 Å². The normalized spacial score (nSPS) is 12.1. The van der Waals surface area contributed by atoms with Crippen molar-refractivity contribution < 1.29 is 35.9 Å². The number of halogens is 6. The summed E-state index contributed by atoms with van der Waals surface area (Å²) in [5.41, 5.74) is 3.56. The van der Waals surface area contributed by atoms with Crippen LogP contribution in [-0.4, -0.2) is 17.3 Å².